The second kappa shape index (κ2) is 6.73. The van der Waals surface area contributed by atoms with Crippen LogP contribution in [0.25, 0.3) is 11.3 Å². The average molecular weight is 350 g/mol. The Hall–Kier alpha value is -1.17. The van der Waals surface area contributed by atoms with Crippen LogP contribution in [-0.2, 0) is 6.54 Å². The molecule has 0 amide bonds. The molecule has 5 heteroatoms. The van der Waals surface area contributed by atoms with Crippen LogP contribution in [0.2, 0.25) is 0 Å². The van der Waals surface area contributed by atoms with E-state index in [-0.39, 0.29) is 0 Å². The lowest BCUT2D eigenvalue weighted by molar-refractivity contribution is 0.173. The fraction of sp³-hybridized carbons (Fsp3) is 0.438. The zero-order chi connectivity index (χ0) is 14.7. The van der Waals surface area contributed by atoms with E-state index >= 15 is 0 Å². The third kappa shape index (κ3) is 3.54. The highest BCUT2D eigenvalue weighted by Crippen LogP contribution is 2.28. The molecule has 3 rings (SSSR count). The van der Waals surface area contributed by atoms with Crippen LogP contribution < -0.4 is 5.32 Å². The van der Waals surface area contributed by atoms with Gasteiger partial charge < -0.3 is 9.73 Å². The largest absolute Gasteiger partial charge is 0.439 e. The summed E-state index contributed by atoms with van der Waals surface area (Å²) >= 11 is 3.55. The van der Waals surface area contributed by atoms with Crippen LogP contribution in [0.5, 0.6) is 0 Å². The lowest BCUT2D eigenvalue weighted by Crippen LogP contribution is -2.43. The Morgan fingerprint density at radius 2 is 2.29 bits per heavy atom. The van der Waals surface area contributed by atoms with Crippen LogP contribution in [0, 0.1) is 0 Å². The van der Waals surface area contributed by atoms with E-state index in [1.807, 2.05) is 37.5 Å². The molecular weight excluding hydrogens is 330 g/mol. The topological polar surface area (TPSA) is 41.3 Å². The molecule has 1 N–H and O–H groups in total. The number of oxazole rings is 1. The Balaban J connectivity index is 1.69. The SMILES string of the molecule is CNC1CCCN(Cc2ncc(-c3ccccc3Br)o2)C1. The van der Waals surface area contributed by atoms with E-state index in [4.69, 9.17) is 4.42 Å². The molecule has 21 heavy (non-hydrogen) atoms. The molecule has 112 valence electrons. The fourth-order valence-corrected chi connectivity index (χ4v) is 3.28. The molecule has 1 aliphatic rings. The summed E-state index contributed by atoms with van der Waals surface area (Å²) in [6, 6.07) is 8.63. The van der Waals surface area contributed by atoms with Gasteiger partial charge in [0, 0.05) is 22.6 Å². The van der Waals surface area contributed by atoms with Crippen LogP contribution in [0.3, 0.4) is 0 Å². The third-order valence-electron chi connectivity index (χ3n) is 3.97. The van der Waals surface area contributed by atoms with Gasteiger partial charge >= 0.3 is 0 Å². The number of hydrogen-bond acceptors (Lipinski definition) is 4. The van der Waals surface area contributed by atoms with Gasteiger partial charge in [-0.2, -0.15) is 0 Å². The summed E-state index contributed by atoms with van der Waals surface area (Å²) in [5.74, 6) is 1.61. The summed E-state index contributed by atoms with van der Waals surface area (Å²) in [6.07, 6.45) is 4.29. The summed E-state index contributed by atoms with van der Waals surface area (Å²) in [5, 5.41) is 3.36. The highest BCUT2D eigenvalue weighted by Gasteiger charge is 2.20. The first-order valence-corrected chi connectivity index (χ1v) is 8.15. The molecule has 0 bridgehead atoms. The molecule has 2 aromatic rings. The summed E-state index contributed by atoms with van der Waals surface area (Å²) in [4.78, 5) is 6.83. The maximum Gasteiger partial charge on any atom is 0.209 e. The van der Waals surface area contributed by atoms with Crippen LogP contribution in [0.4, 0.5) is 0 Å². The molecule has 1 unspecified atom stereocenters. The van der Waals surface area contributed by atoms with Crippen molar-refractivity contribution in [1.82, 2.24) is 15.2 Å². The van der Waals surface area contributed by atoms with Crippen molar-refractivity contribution in [3.8, 4) is 11.3 Å². The van der Waals surface area contributed by atoms with Gasteiger partial charge in [-0.05, 0) is 32.5 Å². The van der Waals surface area contributed by atoms with E-state index in [2.05, 4.69) is 31.1 Å². The zero-order valence-electron chi connectivity index (χ0n) is 12.2. The van der Waals surface area contributed by atoms with Crippen molar-refractivity contribution in [2.45, 2.75) is 25.4 Å². The van der Waals surface area contributed by atoms with Gasteiger partial charge in [0.05, 0.1) is 12.7 Å². The number of nitrogens with zero attached hydrogens (tertiary/aromatic N) is 2. The van der Waals surface area contributed by atoms with Crippen molar-refractivity contribution in [2.24, 2.45) is 0 Å². The number of halogens is 1. The van der Waals surface area contributed by atoms with Crippen molar-refractivity contribution in [3.63, 3.8) is 0 Å². The fourth-order valence-electron chi connectivity index (χ4n) is 2.79. The quantitative estimate of drug-likeness (QED) is 0.919. The standard InChI is InChI=1S/C16H20BrN3O/c1-18-12-5-4-8-20(10-12)11-16-19-9-15(21-16)13-6-2-3-7-14(13)17/h2-3,6-7,9,12,18H,4-5,8,10-11H2,1H3. The smallest absolute Gasteiger partial charge is 0.209 e. The number of likely N-dealkylation sites (tertiary alicyclic amines) is 1. The minimum absolute atomic E-state index is 0.580. The van der Waals surface area contributed by atoms with Gasteiger partial charge in [0.2, 0.25) is 5.89 Å². The second-order valence-corrected chi connectivity index (χ2v) is 6.32. The molecule has 0 radical (unpaired) electrons. The molecule has 1 saturated heterocycles. The highest BCUT2D eigenvalue weighted by molar-refractivity contribution is 9.10. The zero-order valence-corrected chi connectivity index (χ0v) is 13.8. The predicted octanol–water partition coefficient (Wildman–Crippen LogP) is 3.29. The second-order valence-electron chi connectivity index (χ2n) is 5.46. The number of nitrogens with one attached hydrogen (secondary N) is 1. The molecule has 1 fully saturated rings. The molecule has 4 nitrogen and oxygen atoms in total. The lowest BCUT2D eigenvalue weighted by atomic mass is 10.1. The molecule has 1 atom stereocenters. The minimum Gasteiger partial charge on any atom is -0.439 e. The summed E-state index contributed by atoms with van der Waals surface area (Å²) in [5.41, 5.74) is 1.04. The molecule has 0 saturated carbocycles. The van der Waals surface area contributed by atoms with E-state index in [0.29, 0.717) is 6.04 Å². The normalized spacial score (nSPS) is 19.8. The van der Waals surface area contributed by atoms with Gasteiger partial charge in [0.1, 0.15) is 0 Å². The molecular formula is C16H20BrN3O. The predicted molar refractivity (Wildman–Crippen MR) is 87.0 cm³/mol. The molecule has 1 aromatic carbocycles. The molecule has 0 aliphatic carbocycles. The monoisotopic (exact) mass is 349 g/mol. The van der Waals surface area contributed by atoms with Crippen molar-refractivity contribution in [1.29, 1.82) is 0 Å². The average Bonchev–Trinajstić information content (AvgIpc) is 2.96. The van der Waals surface area contributed by atoms with Gasteiger partial charge in [0.15, 0.2) is 5.76 Å². The molecule has 0 spiro atoms. The van der Waals surface area contributed by atoms with Crippen LogP contribution >= 0.6 is 15.9 Å². The number of piperidine rings is 1. The Morgan fingerprint density at radius 1 is 1.43 bits per heavy atom. The maximum atomic E-state index is 5.92. The first-order chi connectivity index (χ1) is 10.3. The van der Waals surface area contributed by atoms with Crippen molar-refractivity contribution in [3.05, 3.63) is 40.8 Å². The Kier molecular flexibility index (Phi) is 4.73. The first kappa shape index (κ1) is 14.8. The number of hydrogen-bond donors (Lipinski definition) is 1. The van der Waals surface area contributed by atoms with Crippen LogP contribution in [0.15, 0.2) is 39.4 Å². The van der Waals surface area contributed by atoms with Gasteiger partial charge in [-0.15, -0.1) is 0 Å². The number of benzene rings is 1. The third-order valence-corrected chi connectivity index (χ3v) is 4.66. The Morgan fingerprint density at radius 3 is 3.10 bits per heavy atom. The van der Waals surface area contributed by atoms with E-state index < -0.39 is 0 Å². The number of rotatable bonds is 4. The number of likely N-dealkylation sites (N-methyl/N-ethyl adjacent to an activating group) is 1. The minimum atomic E-state index is 0.580. The van der Waals surface area contributed by atoms with E-state index in [1.54, 1.807) is 0 Å². The Labute approximate surface area is 133 Å². The number of aromatic nitrogens is 1. The summed E-state index contributed by atoms with van der Waals surface area (Å²) < 4.78 is 6.95. The first-order valence-electron chi connectivity index (χ1n) is 7.35. The van der Waals surface area contributed by atoms with Crippen molar-refractivity contribution in [2.75, 3.05) is 20.1 Å². The molecule has 1 aromatic heterocycles. The van der Waals surface area contributed by atoms with Gasteiger partial charge in [-0.1, -0.05) is 34.1 Å². The molecule has 1 aliphatic heterocycles. The lowest BCUT2D eigenvalue weighted by Gasteiger charge is -2.31. The molecule has 2 heterocycles. The van der Waals surface area contributed by atoms with E-state index in [0.717, 1.165) is 41.3 Å². The summed E-state index contributed by atoms with van der Waals surface area (Å²) in [6.45, 7) is 2.96. The van der Waals surface area contributed by atoms with Crippen molar-refractivity contribution < 1.29 is 4.42 Å². The summed E-state index contributed by atoms with van der Waals surface area (Å²) in [7, 11) is 2.03. The van der Waals surface area contributed by atoms with Crippen LogP contribution in [-0.4, -0.2) is 36.1 Å². The van der Waals surface area contributed by atoms with Gasteiger partial charge in [-0.25, -0.2) is 4.98 Å². The highest BCUT2D eigenvalue weighted by atomic mass is 79.9. The van der Waals surface area contributed by atoms with Crippen molar-refractivity contribution >= 4 is 15.9 Å². The maximum absolute atomic E-state index is 5.92. The van der Waals surface area contributed by atoms with Crippen LogP contribution in [0.1, 0.15) is 18.7 Å². The van der Waals surface area contributed by atoms with E-state index in [1.165, 1.54) is 12.8 Å². The van der Waals surface area contributed by atoms with Gasteiger partial charge in [-0.3, -0.25) is 4.90 Å². The Bertz CT molecular complexity index is 599. The van der Waals surface area contributed by atoms with E-state index in [9.17, 15) is 0 Å². The van der Waals surface area contributed by atoms with Gasteiger partial charge in [0.25, 0.3) is 0 Å².